The Hall–Kier alpha value is -2.12. The van der Waals surface area contributed by atoms with Gasteiger partial charge in [-0.2, -0.15) is 0 Å². The van der Waals surface area contributed by atoms with E-state index in [1.165, 1.54) is 9.80 Å². The van der Waals surface area contributed by atoms with E-state index < -0.39 is 30.0 Å². The summed E-state index contributed by atoms with van der Waals surface area (Å²) in [4.78, 5) is 52.3. The highest BCUT2D eigenvalue weighted by molar-refractivity contribution is 6.14. The largest absolute Gasteiger partial charge is 0.465 e. The lowest BCUT2D eigenvalue weighted by Crippen LogP contribution is -2.63. The molecule has 2 aliphatic heterocycles. The van der Waals surface area contributed by atoms with Gasteiger partial charge in [0.15, 0.2) is 0 Å². The van der Waals surface area contributed by atoms with Crippen LogP contribution in [0.25, 0.3) is 0 Å². The molecule has 0 aromatic heterocycles. The summed E-state index contributed by atoms with van der Waals surface area (Å²) in [6.45, 7) is 0.535. The minimum absolute atomic E-state index is 0.125. The molecule has 1 saturated carbocycles. The molecule has 1 atom stereocenters. The van der Waals surface area contributed by atoms with Gasteiger partial charge >= 0.3 is 12.1 Å². The molecule has 0 aromatic carbocycles. The summed E-state index contributed by atoms with van der Waals surface area (Å²) in [5.74, 6) is -0.923. The Balaban J connectivity index is 1.78. The van der Waals surface area contributed by atoms with Crippen LogP contribution in [-0.4, -0.2) is 68.9 Å². The van der Waals surface area contributed by atoms with E-state index in [1.807, 2.05) is 0 Å². The number of barbiturate groups is 1. The summed E-state index contributed by atoms with van der Waals surface area (Å²) < 4.78 is 0. The van der Waals surface area contributed by atoms with Gasteiger partial charge in [-0.3, -0.25) is 19.4 Å². The third-order valence-electron chi connectivity index (χ3n) is 5.22. The molecule has 3 rings (SSSR count). The number of nitrogens with zero attached hydrogens (tertiary/aromatic N) is 3. The standard InChI is InChI=1S/C16H23N3O5/c20-13-9-14(21)19(12-7-4-8-17(10-12)16(23)24)15(22)18(13)11-5-2-1-3-6-11/h11-12H,1-10H2,(H,23,24). The molecule has 0 aromatic rings. The lowest BCUT2D eigenvalue weighted by atomic mass is 9.93. The van der Waals surface area contributed by atoms with Gasteiger partial charge in [0.2, 0.25) is 11.8 Å². The molecule has 1 unspecified atom stereocenters. The van der Waals surface area contributed by atoms with E-state index in [-0.39, 0.29) is 19.0 Å². The second-order valence-corrected chi connectivity index (χ2v) is 6.80. The number of carbonyl (C=O) groups excluding carboxylic acids is 3. The maximum Gasteiger partial charge on any atom is 0.407 e. The number of rotatable bonds is 2. The molecule has 0 radical (unpaired) electrons. The maximum atomic E-state index is 12.9. The van der Waals surface area contributed by atoms with Crippen LogP contribution in [0.3, 0.4) is 0 Å². The first-order chi connectivity index (χ1) is 11.5. The average Bonchev–Trinajstić information content (AvgIpc) is 2.55. The second-order valence-electron chi connectivity index (χ2n) is 6.80. The third kappa shape index (κ3) is 3.09. The molecule has 8 nitrogen and oxygen atoms in total. The third-order valence-corrected chi connectivity index (χ3v) is 5.22. The normalized spacial score (nSPS) is 26.9. The van der Waals surface area contributed by atoms with Crippen molar-refractivity contribution in [2.75, 3.05) is 13.1 Å². The zero-order valence-corrected chi connectivity index (χ0v) is 13.6. The highest BCUT2D eigenvalue weighted by Gasteiger charge is 2.45. The maximum absolute atomic E-state index is 12.9. The van der Waals surface area contributed by atoms with E-state index in [9.17, 15) is 19.2 Å². The van der Waals surface area contributed by atoms with Crippen LogP contribution in [0.1, 0.15) is 51.4 Å². The molecule has 3 aliphatic rings. The molecule has 2 heterocycles. The number of carbonyl (C=O) groups is 4. The van der Waals surface area contributed by atoms with Crippen LogP contribution in [0.5, 0.6) is 0 Å². The van der Waals surface area contributed by atoms with Gasteiger partial charge in [-0.1, -0.05) is 19.3 Å². The van der Waals surface area contributed by atoms with Gasteiger partial charge in [-0.15, -0.1) is 0 Å². The number of carboxylic acid groups (broad SMARTS) is 1. The van der Waals surface area contributed by atoms with Crippen LogP contribution in [0.4, 0.5) is 9.59 Å². The molecular weight excluding hydrogens is 314 g/mol. The Labute approximate surface area is 140 Å². The van der Waals surface area contributed by atoms with Crippen LogP contribution in [0.15, 0.2) is 0 Å². The summed E-state index contributed by atoms with van der Waals surface area (Å²) in [7, 11) is 0. The van der Waals surface area contributed by atoms with Crippen LogP contribution >= 0.6 is 0 Å². The minimum Gasteiger partial charge on any atom is -0.465 e. The van der Waals surface area contributed by atoms with Gasteiger partial charge in [0, 0.05) is 19.1 Å². The Morgan fingerprint density at radius 1 is 0.875 bits per heavy atom. The van der Waals surface area contributed by atoms with Gasteiger partial charge < -0.3 is 10.0 Å². The molecule has 5 amide bonds. The van der Waals surface area contributed by atoms with E-state index in [0.29, 0.717) is 19.4 Å². The van der Waals surface area contributed by atoms with Gasteiger partial charge in [-0.25, -0.2) is 9.59 Å². The van der Waals surface area contributed by atoms with Crippen molar-refractivity contribution in [3.05, 3.63) is 0 Å². The first kappa shape index (κ1) is 16.7. The lowest BCUT2D eigenvalue weighted by Gasteiger charge is -2.43. The van der Waals surface area contributed by atoms with Crippen LogP contribution in [-0.2, 0) is 9.59 Å². The van der Waals surface area contributed by atoms with E-state index in [4.69, 9.17) is 5.11 Å². The van der Waals surface area contributed by atoms with Crippen molar-refractivity contribution in [3.63, 3.8) is 0 Å². The summed E-state index contributed by atoms with van der Waals surface area (Å²) in [6, 6.07) is -1.16. The van der Waals surface area contributed by atoms with Crippen LogP contribution in [0.2, 0.25) is 0 Å². The van der Waals surface area contributed by atoms with Gasteiger partial charge in [0.25, 0.3) is 0 Å². The molecule has 8 heteroatoms. The fraction of sp³-hybridized carbons (Fsp3) is 0.750. The topological polar surface area (TPSA) is 98.2 Å². The molecule has 0 spiro atoms. The van der Waals surface area contributed by atoms with Crippen molar-refractivity contribution in [2.24, 2.45) is 0 Å². The number of hydrogen-bond donors (Lipinski definition) is 1. The number of urea groups is 1. The minimum atomic E-state index is -1.04. The van der Waals surface area contributed by atoms with Gasteiger partial charge in [0.05, 0.1) is 6.04 Å². The van der Waals surface area contributed by atoms with Crippen molar-refractivity contribution in [2.45, 2.75) is 63.5 Å². The summed E-state index contributed by atoms with van der Waals surface area (Å²) in [6.07, 6.45) is 4.46. The Morgan fingerprint density at radius 2 is 1.46 bits per heavy atom. The SMILES string of the molecule is O=C(O)N1CCCC(N2C(=O)CC(=O)N(C3CCCCC3)C2=O)C1. The highest BCUT2D eigenvalue weighted by atomic mass is 16.4. The molecule has 1 N–H and O–H groups in total. The van der Waals surface area contributed by atoms with Crippen molar-refractivity contribution >= 4 is 23.9 Å². The molecule has 1 aliphatic carbocycles. The van der Waals surface area contributed by atoms with E-state index >= 15 is 0 Å². The summed E-state index contributed by atoms with van der Waals surface area (Å²) in [5.41, 5.74) is 0. The van der Waals surface area contributed by atoms with Crippen LogP contribution < -0.4 is 0 Å². The number of piperidine rings is 1. The molecule has 3 fully saturated rings. The first-order valence-corrected chi connectivity index (χ1v) is 8.65. The van der Waals surface area contributed by atoms with E-state index in [2.05, 4.69) is 0 Å². The predicted octanol–water partition coefficient (Wildman–Crippen LogP) is 1.64. The summed E-state index contributed by atoms with van der Waals surface area (Å²) >= 11 is 0. The van der Waals surface area contributed by atoms with E-state index in [1.54, 1.807) is 0 Å². The highest BCUT2D eigenvalue weighted by Crippen LogP contribution is 2.29. The fourth-order valence-corrected chi connectivity index (χ4v) is 4.03. The fourth-order valence-electron chi connectivity index (χ4n) is 4.03. The molecule has 132 valence electrons. The Bertz CT molecular complexity index is 558. The quantitative estimate of drug-likeness (QED) is 0.773. The van der Waals surface area contributed by atoms with Gasteiger partial charge in [0.1, 0.15) is 6.42 Å². The molecule has 24 heavy (non-hydrogen) atoms. The average molecular weight is 337 g/mol. The van der Waals surface area contributed by atoms with Crippen molar-refractivity contribution < 1.29 is 24.3 Å². The Morgan fingerprint density at radius 3 is 2.08 bits per heavy atom. The monoisotopic (exact) mass is 337 g/mol. The number of imide groups is 2. The van der Waals surface area contributed by atoms with Crippen molar-refractivity contribution in [3.8, 4) is 0 Å². The first-order valence-electron chi connectivity index (χ1n) is 8.65. The Kier molecular flexibility index (Phi) is 4.73. The second kappa shape index (κ2) is 6.78. The molecule has 0 bridgehead atoms. The number of hydrogen-bond acceptors (Lipinski definition) is 4. The predicted molar refractivity (Wildman–Crippen MR) is 83.2 cm³/mol. The van der Waals surface area contributed by atoms with Crippen LogP contribution in [0, 0.1) is 0 Å². The zero-order valence-electron chi connectivity index (χ0n) is 13.6. The van der Waals surface area contributed by atoms with Crippen molar-refractivity contribution in [1.82, 2.24) is 14.7 Å². The number of amides is 5. The molecular formula is C16H23N3O5. The van der Waals surface area contributed by atoms with Crippen molar-refractivity contribution in [1.29, 1.82) is 0 Å². The smallest absolute Gasteiger partial charge is 0.407 e. The molecule has 2 saturated heterocycles. The van der Waals surface area contributed by atoms with E-state index in [0.717, 1.165) is 37.0 Å². The number of likely N-dealkylation sites (tertiary alicyclic amines) is 1. The lowest BCUT2D eigenvalue weighted by molar-refractivity contribution is -0.146. The zero-order chi connectivity index (χ0) is 17.3. The van der Waals surface area contributed by atoms with Gasteiger partial charge in [-0.05, 0) is 25.7 Å². The summed E-state index contributed by atoms with van der Waals surface area (Å²) in [5, 5.41) is 9.16.